The van der Waals surface area contributed by atoms with E-state index in [1.54, 1.807) is 11.3 Å². The minimum atomic E-state index is -0.475. The van der Waals surface area contributed by atoms with Crippen LogP contribution in [0.5, 0.6) is 0 Å². The van der Waals surface area contributed by atoms with Crippen LogP contribution < -0.4 is 11.1 Å². The number of thiazole rings is 1. The SMILES string of the molecule is Cc1nc(CCNC(=O)[C@@H](N)C(C)(C)C)sc1C.Cl.Cl. The standard InChI is InChI=1S/C13H23N3OS.2ClH/c1-8-9(2)18-10(16-8)6-7-15-12(17)11(14)13(3,4)5;;/h11H,6-7,14H2,1-5H3,(H,15,17);2*1H/t11-;;/m1../s1. The zero-order valence-electron chi connectivity index (χ0n) is 12.6. The van der Waals surface area contributed by atoms with Crippen LogP contribution in [0.4, 0.5) is 0 Å². The van der Waals surface area contributed by atoms with Gasteiger partial charge in [-0.3, -0.25) is 4.79 Å². The molecule has 0 aliphatic heterocycles. The molecule has 1 heterocycles. The normalized spacial score (nSPS) is 12.1. The molecule has 4 nitrogen and oxygen atoms in total. The van der Waals surface area contributed by atoms with Crippen molar-refractivity contribution in [3.8, 4) is 0 Å². The zero-order valence-corrected chi connectivity index (χ0v) is 15.1. The number of carbonyl (C=O) groups is 1. The summed E-state index contributed by atoms with van der Waals surface area (Å²) in [5.41, 5.74) is 6.74. The first-order valence-electron chi connectivity index (χ1n) is 6.18. The second-order valence-electron chi connectivity index (χ2n) is 5.63. The molecule has 20 heavy (non-hydrogen) atoms. The van der Waals surface area contributed by atoms with Crippen LogP contribution in [-0.2, 0) is 11.2 Å². The van der Waals surface area contributed by atoms with Crippen molar-refractivity contribution in [1.29, 1.82) is 0 Å². The number of aromatic nitrogens is 1. The first kappa shape index (κ1) is 21.9. The molecule has 1 rings (SSSR count). The number of amides is 1. The van der Waals surface area contributed by atoms with E-state index >= 15 is 0 Å². The Hall–Kier alpha value is -0.360. The van der Waals surface area contributed by atoms with Crippen LogP contribution in [0.1, 0.15) is 36.3 Å². The Labute approximate surface area is 137 Å². The Kier molecular flexibility index (Phi) is 9.67. The smallest absolute Gasteiger partial charge is 0.237 e. The van der Waals surface area contributed by atoms with Crippen LogP contribution in [0, 0.1) is 19.3 Å². The Morgan fingerprint density at radius 3 is 2.30 bits per heavy atom. The summed E-state index contributed by atoms with van der Waals surface area (Å²) in [6, 6.07) is -0.475. The molecular formula is C13H25Cl2N3OS. The highest BCUT2D eigenvalue weighted by molar-refractivity contribution is 7.11. The van der Waals surface area contributed by atoms with Crippen molar-refractivity contribution in [2.75, 3.05) is 6.54 Å². The topological polar surface area (TPSA) is 68.0 Å². The fourth-order valence-corrected chi connectivity index (χ4v) is 2.38. The van der Waals surface area contributed by atoms with Crippen LogP contribution in [0.25, 0.3) is 0 Å². The summed E-state index contributed by atoms with van der Waals surface area (Å²) < 4.78 is 0. The van der Waals surface area contributed by atoms with Crippen molar-refractivity contribution in [2.24, 2.45) is 11.1 Å². The van der Waals surface area contributed by atoms with Crippen LogP contribution in [0.15, 0.2) is 0 Å². The van der Waals surface area contributed by atoms with Gasteiger partial charge in [-0.25, -0.2) is 4.98 Å². The summed E-state index contributed by atoms with van der Waals surface area (Å²) >= 11 is 1.69. The van der Waals surface area contributed by atoms with Gasteiger partial charge in [0.05, 0.1) is 16.7 Å². The molecule has 0 aliphatic rings. The van der Waals surface area contributed by atoms with E-state index < -0.39 is 6.04 Å². The van der Waals surface area contributed by atoms with Gasteiger partial charge in [0.25, 0.3) is 0 Å². The van der Waals surface area contributed by atoms with Gasteiger partial charge in [-0.1, -0.05) is 20.8 Å². The second-order valence-corrected chi connectivity index (χ2v) is 6.92. The van der Waals surface area contributed by atoms with E-state index in [0.717, 1.165) is 17.1 Å². The zero-order chi connectivity index (χ0) is 13.9. The number of halogens is 2. The number of nitrogens with two attached hydrogens (primary N) is 1. The Morgan fingerprint density at radius 1 is 1.35 bits per heavy atom. The lowest BCUT2D eigenvalue weighted by Crippen LogP contribution is -2.48. The van der Waals surface area contributed by atoms with Crippen molar-refractivity contribution in [2.45, 2.75) is 47.1 Å². The number of nitrogens with one attached hydrogen (secondary N) is 1. The number of rotatable bonds is 4. The average molecular weight is 342 g/mol. The van der Waals surface area contributed by atoms with Crippen LogP contribution in [0.2, 0.25) is 0 Å². The lowest BCUT2D eigenvalue weighted by molar-refractivity contribution is -0.124. The molecular weight excluding hydrogens is 317 g/mol. The fourth-order valence-electron chi connectivity index (χ4n) is 1.44. The van der Waals surface area contributed by atoms with Gasteiger partial charge in [-0.15, -0.1) is 36.2 Å². The minimum Gasteiger partial charge on any atom is -0.354 e. The summed E-state index contributed by atoms with van der Waals surface area (Å²) in [7, 11) is 0. The number of hydrogen-bond acceptors (Lipinski definition) is 4. The maximum atomic E-state index is 11.8. The van der Waals surface area contributed by atoms with Crippen molar-refractivity contribution in [3.05, 3.63) is 15.6 Å². The van der Waals surface area contributed by atoms with Gasteiger partial charge < -0.3 is 11.1 Å². The predicted octanol–water partition coefficient (Wildman–Crippen LogP) is 2.64. The number of carbonyl (C=O) groups excluding carboxylic acids is 1. The second kappa shape index (κ2) is 8.82. The van der Waals surface area contributed by atoms with Gasteiger partial charge in [0.1, 0.15) is 0 Å². The highest BCUT2D eigenvalue weighted by atomic mass is 35.5. The van der Waals surface area contributed by atoms with E-state index in [4.69, 9.17) is 5.73 Å². The first-order valence-corrected chi connectivity index (χ1v) is 6.99. The number of hydrogen-bond donors (Lipinski definition) is 2. The van der Waals surface area contributed by atoms with Gasteiger partial charge in [0.2, 0.25) is 5.91 Å². The van der Waals surface area contributed by atoms with Crippen molar-refractivity contribution in [1.82, 2.24) is 10.3 Å². The molecule has 0 aliphatic carbocycles. The Balaban J connectivity index is 0. The third-order valence-electron chi connectivity index (χ3n) is 2.93. The van der Waals surface area contributed by atoms with Gasteiger partial charge >= 0.3 is 0 Å². The lowest BCUT2D eigenvalue weighted by Gasteiger charge is -2.25. The maximum Gasteiger partial charge on any atom is 0.237 e. The van der Waals surface area contributed by atoms with Crippen LogP contribution >= 0.6 is 36.2 Å². The molecule has 0 saturated heterocycles. The van der Waals surface area contributed by atoms with Gasteiger partial charge in [-0.05, 0) is 19.3 Å². The van der Waals surface area contributed by atoms with E-state index in [1.165, 1.54) is 4.88 Å². The first-order chi connectivity index (χ1) is 8.21. The van der Waals surface area contributed by atoms with E-state index in [2.05, 4.69) is 17.2 Å². The maximum absolute atomic E-state index is 11.8. The molecule has 1 aromatic rings. The molecule has 0 aromatic carbocycles. The largest absolute Gasteiger partial charge is 0.354 e. The summed E-state index contributed by atoms with van der Waals surface area (Å²) in [5.74, 6) is -0.0903. The van der Waals surface area contributed by atoms with Gasteiger partial charge in [0, 0.05) is 17.8 Å². The summed E-state index contributed by atoms with van der Waals surface area (Å²) in [5, 5.41) is 3.93. The van der Waals surface area contributed by atoms with E-state index in [-0.39, 0.29) is 36.1 Å². The third-order valence-corrected chi connectivity index (χ3v) is 4.06. The fraction of sp³-hybridized carbons (Fsp3) is 0.692. The number of nitrogens with zero attached hydrogens (tertiary/aromatic N) is 1. The molecule has 1 aromatic heterocycles. The molecule has 0 saturated carbocycles. The van der Waals surface area contributed by atoms with Crippen molar-refractivity contribution in [3.63, 3.8) is 0 Å². The Bertz CT molecular complexity index is 410. The molecule has 1 amide bonds. The quantitative estimate of drug-likeness (QED) is 0.884. The van der Waals surface area contributed by atoms with E-state index in [9.17, 15) is 4.79 Å². The summed E-state index contributed by atoms with van der Waals surface area (Å²) in [6.07, 6.45) is 0.766. The highest BCUT2D eigenvalue weighted by Crippen LogP contribution is 2.18. The molecule has 0 bridgehead atoms. The molecule has 0 fully saturated rings. The lowest BCUT2D eigenvalue weighted by atomic mass is 9.87. The molecule has 0 spiro atoms. The molecule has 0 unspecified atom stereocenters. The van der Waals surface area contributed by atoms with Crippen LogP contribution in [0.3, 0.4) is 0 Å². The molecule has 1 atom stereocenters. The van der Waals surface area contributed by atoms with Gasteiger partial charge in [-0.2, -0.15) is 0 Å². The highest BCUT2D eigenvalue weighted by Gasteiger charge is 2.26. The van der Waals surface area contributed by atoms with Crippen LogP contribution in [-0.4, -0.2) is 23.5 Å². The summed E-state index contributed by atoms with van der Waals surface area (Å²) in [6.45, 7) is 10.5. The Morgan fingerprint density at radius 2 is 1.90 bits per heavy atom. The third kappa shape index (κ3) is 6.39. The predicted molar refractivity (Wildman–Crippen MR) is 90.2 cm³/mol. The summed E-state index contributed by atoms with van der Waals surface area (Å²) in [4.78, 5) is 17.5. The average Bonchev–Trinajstić information content (AvgIpc) is 2.55. The van der Waals surface area contributed by atoms with Crippen molar-refractivity contribution < 1.29 is 4.79 Å². The molecule has 7 heteroatoms. The molecule has 3 N–H and O–H groups in total. The molecule has 118 valence electrons. The van der Waals surface area contributed by atoms with E-state index in [0.29, 0.717) is 6.54 Å². The van der Waals surface area contributed by atoms with E-state index in [1.807, 2.05) is 27.7 Å². The van der Waals surface area contributed by atoms with Gasteiger partial charge in [0.15, 0.2) is 0 Å². The number of aryl methyl sites for hydroxylation is 2. The van der Waals surface area contributed by atoms with Crippen molar-refractivity contribution >= 4 is 42.1 Å². The minimum absolute atomic E-state index is 0. The monoisotopic (exact) mass is 341 g/mol. The molecule has 0 radical (unpaired) electrons.